The highest BCUT2D eigenvalue weighted by Gasteiger charge is 1.98. The van der Waals surface area contributed by atoms with E-state index in [-0.39, 0.29) is 0 Å². The predicted octanol–water partition coefficient (Wildman–Crippen LogP) is 3.93. The Morgan fingerprint density at radius 2 is 2.08 bits per heavy atom. The van der Waals surface area contributed by atoms with Crippen LogP contribution in [-0.2, 0) is 0 Å². The fourth-order valence-corrected chi connectivity index (χ4v) is 1.33. The van der Waals surface area contributed by atoms with Crippen molar-refractivity contribution in [1.29, 1.82) is 0 Å². The van der Waals surface area contributed by atoms with E-state index in [0.29, 0.717) is 0 Å². The largest absolute Gasteiger partial charge is 0.0991 e. The number of allylic oxidation sites excluding steroid dienone is 3. The Labute approximate surface area is 78.2 Å². The van der Waals surface area contributed by atoms with Crippen molar-refractivity contribution in [2.45, 2.75) is 6.92 Å². The van der Waals surface area contributed by atoms with Crippen LogP contribution in [0.5, 0.6) is 0 Å². The molecule has 12 heavy (non-hydrogen) atoms. The van der Waals surface area contributed by atoms with Crippen molar-refractivity contribution in [2.75, 3.05) is 0 Å². The quantitative estimate of drug-likeness (QED) is 0.602. The molecule has 0 fully saturated rings. The second kappa shape index (κ2) is 4.13. The number of hydrogen-bond donors (Lipinski definition) is 0. The maximum absolute atomic E-state index is 5.98. The van der Waals surface area contributed by atoms with E-state index in [1.807, 2.05) is 37.3 Å². The predicted molar refractivity (Wildman–Crippen MR) is 55.3 cm³/mol. The zero-order valence-electron chi connectivity index (χ0n) is 7.05. The third kappa shape index (κ3) is 1.99. The molecule has 0 atom stereocenters. The van der Waals surface area contributed by atoms with Crippen molar-refractivity contribution in [3.05, 3.63) is 53.6 Å². The van der Waals surface area contributed by atoms with Gasteiger partial charge in [-0.15, -0.1) is 0 Å². The molecule has 1 aromatic rings. The average Bonchev–Trinajstić information content (AvgIpc) is 2.05. The molecule has 62 valence electrons. The maximum atomic E-state index is 5.98. The minimum atomic E-state index is 0.785. The normalized spacial score (nSPS) is 11.3. The van der Waals surface area contributed by atoms with Gasteiger partial charge in [0, 0.05) is 5.02 Å². The van der Waals surface area contributed by atoms with Crippen molar-refractivity contribution >= 4 is 17.2 Å². The molecule has 0 amide bonds. The summed E-state index contributed by atoms with van der Waals surface area (Å²) < 4.78 is 0. The summed E-state index contributed by atoms with van der Waals surface area (Å²) in [6, 6.07) is 7.78. The standard InChI is InChI=1S/C11H11Cl/c1-3-6-9(2)10-7-4-5-8-11(10)12/h3-8H,1H2,2H3/b9-6-. The van der Waals surface area contributed by atoms with E-state index in [0.717, 1.165) is 16.2 Å². The lowest BCUT2D eigenvalue weighted by Crippen LogP contribution is -1.79. The summed E-state index contributed by atoms with van der Waals surface area (Å²) in [5, 5.41) is 0.785. The molecule has 0 spiro atoms. The number of hydrogen-bond acceptors (Lipinski definition) is 0. The summed E-state index contributed by atoms with van der Waals surface area (Å²) in [7, 11) is 0. The monoisotopic (exact) mass is 178 g/mol. The van der Waals surface area contributed by atoms with Crippen molar-refractivity contribution in [3.8, 4) is 0 Å². The first-order valence-electron chi connectivity index (χ1n) is 3.80. The van der Waals surface area contributed by atoms with Crippen LogP contribution in [-0.4, -0.2) is 0 Å². The summed E-state index contributed by atoms with van der Waals surface area (Å²) >= 11 is 5.98. The molecule has 0 aliphatic heterocycles. The van der Waals surface area contributed by atoms with E-state index in [9.17, 15) is 0 Å². The lowest BCUT2D eigenvalue weighted by molar-refractivity contribution is 1.57. The van der Waals surface area contributed by atoms with Gasteiger partial charge in [0.05, 0.1) is 0 Å². The number of benzene rings is 1. The van der Waals surface area contributed by atoms with Crippen LogP contribution in [0.2, 0.25) is 5.02 Å². The van der Waals surface area contributed by atoms with Crippen LogP contribution in [0.4, 0.5) is 0 Å². The highest BCUT2D eigenvalue weighted by Crippen LogP contribution is 2.22. The maximum Gasteiger partial charge on any atom is 0.0481 e. The molecular formula is C11H11Cl. The SMILES string of the molecule is C=C/C=C(/C)c1ccccc1Cl. The Balaban J connectivity index is 3.10. The molecule has 1 aromatic carbocycles. The molecule has 0 radical (unpaired) electrons. The van der Waals surface area contributed by atoms with E-state index >= 15 is 0 Å². The molecule has 0 aliphatic rings. The summed E-state index contributed by atoms with van der Waals surface area (Å²) in [6.45, 7) is 5.65. The third-order valence-corrected chi connectivity index (χ3v) is 2.00. The molecule has 0 N–H and O–H groups in total. The molecule has 0 saturated carbocycles. The fraction of sp³-hybridized carbons (Fsp3) is 0.0909. The van der Waals surface area contributed by atoms with Crippen LogP contribution in [0.25, 0.3) is 5.57 Å². The second-order valence-corrected chi connectivity index (χ2v) is 2.97. The van der Waals surface area contributed by atoms with Crippen molar-refractivity contribution in [3.63, 3.8) is 0 Å². The zero-order chi connectivity index (χ0) is 8.97. The molecule has 1 rings (SSSR count). The molecule has 0 aliphatic carbocycles. The van der Waals surface area contributed by atoms with E-state index in [1.54, 1.807) is 6.08 Å². The first-order chi connectivity index (χ1) is 5.75. The molecule has 0 heterocycles. The lowest BCUT2D eigenvalue weighted by atomic mass is 10.1. The van der Waals surface area contributed by atoms with E-state index < -0.39 is 0 Å². The molecule has 0 nitrogen and oxygen atoms in total. The highest BCUT2D eigenvalue weighted by atomic mass is 35.5. The highest BCUT2D eigenvalue weighted by molar-refractivity contribution is 6.32. The van der Waals surface area contributed by atoms with Gasteiger partial charge in [-0.3, -0.25) is 0 Å². The third-order valence-electron chi connectivity index (χ3n) is 1.67. The van der Waals surface area contributed by atoms with Gasteiger partial charge >= 0.3 is 0 Å². The van der Waals surface area contributed by atoms with Gasteiger partial charge in [0.1, 0.15) is 0 Å². The van der Waals surface area contributed by atoms with Gasteiger partial charge in [-0.25, -0.2) is 0 Å². The Kier molecular flexibility index (Phi) is 3.12. The van der Waals surface area contributed by atoms with E-state index in [2.05, 4.69) is 6.58 Å². The number of halogens is 1. The molecule has 1 heteroatoms. The molecule has 0 unspecified atom stereocenters. The fourth-order valence-electron chi connectivity index (χ4n) is 1.05. The van der Waals surface area contributed by atoms with Crippen LogP contribution in [0.3, 0.4) is 0 Å². The Morgan fingerprint density at radius 1 is 1.42 bits per heavy atom. The second-order valence-electron chi connectivity index (χ2n) is 2.57. The van der Waals surface area contributed by atoms with Gasteiger partial charge in [0.15, 0.2) is 0 Å². The van der Waals surface area contributed by atoms with Gasteiger partial charge in [-0.2, -0.15) is 0 Å². The zero-order valence-corrected chi connectivity index (χ0v) is 7.81. The van der Waals surface area contributed by atoms with Gasteiger partial charge in [0.2, 0.25) is 0 Å². The molecule has 0 aromatic heterocycles. The first-order valence-corrected chi connectivity index (χ1v) is 4.17. The Bertz CT molecular complexity index is 311. The number of rotatable bonds is 2. The Hall–Kier alpha value is -1.01. The van der Waals surface area contributed by atoms with Crippen LogP contribution < -0.4 is 0 Å². The summed E-state index contributed by atoms with van der Waals surface area (Å²) in [5.41, 5.74) is 2.20. The van der Waals surface area contributed by atoms with Crippen molar-refractivity contribution < 1.29 is 0 Å². The van der Waals surface area contributed by atoms with Gasteiger partial charge in [-0.05, 0) is 24.1 Å². The summed E-state index contributed by atoms with van der Waals surface area (Å²) in [4.78, 5) is 0. The smallest absolute Gasteiger partial charge is 0.0481 e. The van der Waals surface area contributed by atoms with E-state index in [4.69, 9.17) is 11.6 Å². The van der Waals surface area contributed by atoms with E-state index in [1.165, 1.54) is 0 Å². The van der Waals surface area contributed by atoms with Crippen molar-refractivity contribution in [2.24, 2.45) is 0 Å². The van der Waals surface area contributed by atoms with Gasteiger partial charge in [-0.1, -0.05) is 48.5 Å². The molecule has 0 saturated heterocycles. The van der Waals surface area contributed by atoms with Crippen molar-refractivity contribution in [1.82, 2.24) is 0 Å². The van der Waals surface area contributed by atoms with Crippen LogP contribution in [0.15, 0.2) is 43.0 Å². The van der Waals surface area contributed by atoms with Crippen LogP contribution in [0, 0.1) is 0 Å². The summed E-state index contributed by atoms with van der Waals surface area (Å²) in [6.07, 6.45) is 3.71. The first kappa shape index (κ1) is 9.08. The topological polar surface area (TPSA) is 0 Å². The average molecular weight is 179 g/mol. The van der Waals surface area contributed by atoms with Crippen LogP contribution >= 0.6 is 11.6 Å². The minimum Gasteiger partial charge on any atom is -0.0991 e. The lowest BCUT2D eigenvalue weighted by Gasteiger charge is -2.02. The van der Waals surface area contributed by atoms with Crippen LogP contribution in [0.1, 0.15) is 12.5 Å². The molecule has 0 bridgehead atoms. The molecular weight excluding hydrogens is 168 g/mol. The van der Waals surface area contributed by atoms with Gasteiger partial charge < -0.3 is 0 Å². The Morgan fingerprint density at radius 3 is 2.67 bits per heavy atom. The van der Waals surface area contributed by atoms with Gasteiger partial charge in [0.25, 0.3) is 0 Å². The summed E-state index contributed by atoms with van der Waals surface area (Å²) in [5.74, 6) is 0. The minimum absolute atomic E-state index is 0.785.